The summed E-state index contributed by atoms with van der Waals surface area (Å²) in [6.45, 7) is 12.2. The van der Waals surface area contributed by atoms with Gasteiger partial charge in [0, 0.05) is 24.8 Å². The maximum Gasteiger partial charge on any atom is 0.272 e. The summed E-state index contributed by atoms with van der Waals surface area (Å²) in [5.74, 6) is 1.95. The Kier molecular flexibility index (Phi) is 5.49. The number of nitrogens with one attached hydrogen (secondary N) is 1. The standard InChI is InChI=1S/C22H30N4O/c1-15-10-12-26(13-11-15)21(27)19-14-20(24-16(2)23-19)25-18-9-7-6-8-17(18)22(3,4)5/h6-9,14-15H,10-13H2,1-5H3,(H,23,24,25). The van der Waals surface area contributed by atoms with Gasteiger partial charge >= 0.3 is 0 Å². The van der Waals surface area contributed by atoms with Crippen molar-refractivity contribution in [1.82, 2.24) is 14.9 Å². The first-order chi connectivity index (χ1) is 12.7. The number of carbonyl (C=O) groups excluding carboxylic acids is 1. The van der Waals surface area contributed by atoms with Crippen LogP contribution >= 0.6 is 0 Å². The maximum atomic E-state index is 12.9. The highest BCUT2D eigenvalue weighted by molar-refractivity contribution is 5.93. The topological polar surface area (TPSA) is 58.1 Å². The van der Waals surface area contributed by atoms with E-state index in [0.717, 1.165) is 31.6 Å². The van der Waals surface area contributed by atoms with Crippen molar-refractivity contribution in [3.8, 4) is 0 Å². The summed E-state index contributed by atoms with van der Waals surface area (Å²) in [6.07, 6.45) is 2.11. The Morgan fingerprint density at radius 3 is 2.48 bits per heavy atom. The molecule has 1 N–H and O–H groups in total. The van der Waals surface area contributed by atoms with Crippen molar-refractivity contribution in [3.63, 3.8) is 0 Å². The normalized spacial score (nSPS) is 15.7. The third-order valence-corrected chi connectivity index (χ3v) is 5.13. The smallest absolute Gasteiger partial charge is 0.272 e. The van der Waals surface area contributed by atoms with Crippen molar-refractivity contribution in [2.24, 2.45) is 5.92 Å². The van der Waals surface area contributed by atoms with Crippen LogP contribution < -0.4 is 5.32 Å². The van der Waals surface area contributed by atoms with Gasteiger partial charge in [0.15, 0.2) is 0 Å². The minimum Gasteiger partial charge on any atom is -0.340 e. The Bertz CT molecular complexity index is 817. The third-order valence-electron chi connectivity index (χ3n) is 5.13. The van der Waals surface area contributed by atoms with E-state index < -0.39 is 0 Å². The van der Waals surface area contributed by atoms with Gasteiger partial charge in [-0.15, -0.1) is 0 Å². The summed E-state index contributed by atoms with van der Waals surface area (Å²) in [5.41, 5.74) is 2.69. The Hall–Kier alpha value is -2.43. The molecule has 0 atom stereocenters. The van der Waals surface area contributed by atoms with Crippen LogP contribution in [0.25, 0.3) is 0 Å². The van der Waals surface area contributed by atoms with Crippen molar-refractivity contribution in [1.29, 1.82) is 0 Å². The summed E-state index contributed by atoms with van der Waals surface area (Å²) < 4.78 is 0. The number of para-hydroxylation sites is 1. The molecule has 3 rings (SSSR count). The molecule has 1 aromatic heterocycles. The van der Waals surface area contributed by atoms with E-state index in [-0.39, 0.29) is 11.3 Å². The highest BCUT2D eigenvalue weighted by atomic mass is 16.2. The summed E-state index contributed by atoms with van der Waals surface area (Å²) in [7, 11) is 0. The predicted molar refractivity (Wildman–Crippen MR) is 109 cm³/mol. The second kappa shape index (κ2) is 7.67. The molecule has 0 bridgehead atoms. The summed E-state index contributed by atoms with van der Waals surface area (Å²) in [4.78, 5) is 23.7. The van der Waals surface area contributed by atoms with Gasteiger partial charge in [-0.05, 0) is 42.7 Å². The first-order valence-electron chi connectivity index (χ1n) is 9.75. The predicted octanol–water partition coefficient (Wildman–Crippen LogP) is 4.70. The Morgan fingerprint density at radius 1 is 1.15 bits per heavy atom. The van der Waals surface area contributed by atoms with Crippen molar-refractivity contribution in [2.75, 3.05) is 18.4 Å². The molecule has 1 aliphatic rings. The van der Waals surface area contributed by atoms with Gasteiger partial charge in [-0.1, -0.05) is 45.9 Å². The first kappa shape index (κ1) is 19.3. The number of rotatable bonds is 3. The quantitative estimate of drug-likeness (QED) is 0.855. The lowest BCUT2D eigenvalue weighted by Gasteiger charge is -2.30. The Morgan fingerprint density at radius 2 is 1.81 bits per heavy atom. The van der Waals surface area contributed by atoms with Crippen LogP contribution in [0.4, 0.5) is 11.5 Å². The van der Waals surface area contributed by atoms with Crippen LogP contribution in [0, 0.1) is 12.8 Å². The molecular weight excluding hydrogens is 336 g/mol. The van der Waals surface area contributed by atoms with Gasteiger partial charge in [0.2, 0.25) is 0 Å². The number of benzene rings is 1. The molecule has 1 aromatic carbocycles. The molecule has 0 aliphatic carbocycles. The lowest BCUT2D eigenvalue weighted by Crippen LogP contribution is -2.38. The van der Waals surface area contributed by atoms with E-state index in [0.29, 0.717) is 23.3 Å². The molecule has 144 valence electrons. The van der Waals surface area contributed by atoms with Crippen LogP contribution in [0.2, 0.25) is 0 Å². The van der Waals surface area contributed by atoms with Crippen LogP contribution in [-0.4, -0.2) is 33.9 Å². The molecule has 27 heavy (non-hydrogen) atoms. The number of nitrogens with zero attached hydrogens (tertiary/aromatic N) is 3. The van der Waals surface area contributed by atoms with E-state index in [9.17, 15) is 4.79 Å². The molecule has 0 unspecified atom stereocenters. The van der Waals surface area contributed by atoms with Crippen molar-refractivity contribution >= 4 is 17.4 Å². The fourth-order valence-electron chi connectivity index (χ4n) is 3.50. The zero-order valence-electron chi connectivity index (χ0n) is 17.0. The average Bonchev–Trinajstić information content (AvgIpc) is 2.61. The SMILES string of the molecule is Cc1nc(Nc2ccccc2C(C)(C)C)cc(C(=O)N2CCC(C)CC2)n1. The molecule has 2 aromatic rings. The number of likely N-dealkylation sites (tertiary alicyclic amines) is 1. The lowest BCUT2D eigenvalue weighted by molar-refractivity contribution is 0.0691. The number of hydrogen-bond acceptors (Lipinski definition) is 4. The van der Waals surface area contributed by atoms with Crippen molar-refractivity contribution in [2.45, 2.75) is 52.9 Å². The number of aryl methyl sites for hydroxylation is 1. The largest absolute Gasteiger partial charge is 0.340 e. The average molecular weight is 367 g/mol. The molecular formula is C22H30N4O. The van der Waals surface area contributed by atoms with E-state index in [1.807, 2.05) is 30.0 Å². The zero-order valence-corrected chi connectivity index (χ0v) is 17.0. The molecule has 1 aliphatic heterocycles. The van der Waals surface area contributed by atoms with Gasteiger partial charge in [-0.3, -0.25) is 4.79 Å². The summed E-state index contributed by atoms with van der Waals surface area (Å²) >= 11 is 0. The van der Waals surface area contributed by atoms with Crippen LogP contribution in [0.3, 0.4) is 0 Å². The van der Waals surface area contributed by atoms with E-state index in [2.05, 4.69) is 49.0 Å². The summed E-state index contributed by atoms with van der Waals surface area (Å²) in [6, 6.07) is 9.99. The molecule has 1 saturated heterocycles. The van der Waals surface area contributed by atoms with Crippen molar-refractivity contribution < 1.29 is 4.79 Å². The fourth-order valence-corrected chi connectivity index (χ4v) is 3.50. The minimum absolute atomic E-state index is 0.000411. The van der Waals surface area contributed by atoms with Gasteiger partial charge in [0.1, 0.15) is 17.3 Å². The molecule has 2 heterocycles. The number of anilines is 2. The van der Waals surface area contributed by atoms with E-state index >= 15 is 0 Å². The number of carbonyl (C=O) groups is 1. The van der Waals surface area contributed by atoms with E-state index in [4.69, 9.17) is 0 Å². The number of hydrogen-bond donors (Lipinski definition) is 1. The molecule has 5 nitrogen and oxygen atoms in total. The molecule has 0 radical (unpaired) electrons. The van der Waals surface area contributed by atoms with Crippen LogP contribution in [0.5, 0.6) is 0 Å². The highest BCUT2D eigenvalue weighted by Crippen LogP contribution is 2.31. The van der Waals surface area contributed by atoms with E-state index in [1.54, 1.807) is 6.07 Å². The number of piperidine rings is 1. The number of amides is 1. The number of aromatic nitrogens is 2. The second-order valence-corrected chi connectivity index (χ2v) is 8.58. The Balaban J connectivity index is 1.86. The molecule has 1 fully saturated rings. The van der Waals surface area contributed by atoms with Gasteiger partial charge in [-0.25, -0.2) is 9.97 Å². The van der Waals surface area contributed by atoms with Gasteiger partial charge in [-0.2, -0.15) is 0 Å². The first-order valence-corrected chi connectivity index (χ1v) is 9.75. The van der Waals surface area contributed by atoms with Crippen LogP contribution in [0.15, 0.2) is 30.3 Å². The van der Waals surface area contributed by atoms with E-state index in [1.165, 1.54) is 5.56 Å². The highest BCUT2D eigenvalue weighted by Gasteiger charge is 2.23. The lowest BCUT2D eigenvalue weighted by atomic mass is 9.86. The fraction of sp³-hybridized carbons (Fsp3) is 0.500. The molecule has 0 saturated carbocycles. The summed E-state index contributed by atoms with van der Waals surface area (Å²) in [5, 5.41) is 3.40. The van der Waals surface area contributed by atoms with Gasteiger partial charge < -0.3 is 10.2 Å². The Labute approximate surface area is 162 Å². The molecule has 1 amide bonds. The second-order valence-electron chi connectivity index (χ2n) is 8.58. The van der Waals surface area contributed by atoms with Crippen LogP contribution in [0.1, 0.15) is 62.4 Å². The van der Waals surface area contributed by atoms with Gasteiger partial charge in [0.25, 0.3) is 5.91 Å². The minimum atomic E-state index is -0.000411. The third kappa shape index (κ3) is 4.65. The van der Waals surface area contributed by atoms with Gasteiger partial charge in [0.05, 0.1) is 0 Å². The van der Waals surface area contributed by atoms with Crippen LogP contribution in [-0.2, 0) is 5.41 Å². The zero-order chi connectivity index (χ0) is 19.6. The molecule has 5 heteroatoms. The maximum absolute atomic E-state index is 12.9. The monoisotopic (exact) mass is 366 g/mol. The molecule has 0 spiro atoms. The van der Waals surface area contributed by atoms with Crippen molar-refractivity contribution in [3.05, 3.63) is 47.4 Å².